The second-order valence-electron chi connectivity index (χ2n) is 6.17. The molecular weight excluding hydrogens is 419 g/mol. The SMILES string of the molecule is CCSCC1CC(c2cc(NC(=O)c3ccc(Cl)cn3)ccc2F)N=C(N)S1. The van der Waals surface area contributed by atoms with Crippen molar-refractivity contribution >= 4 is 51.9 Å². The molecule has 3 N–H and O–H groups in total. The number of thioether (sulfide) groups is 2. The summed E-state index contributed by atoms with van der Waals surface area (Å²) in [7, 11) is 0. The molecule has 9 heteroatoms. The lowest BCUT2D eigenvalue weighted by atomic mass is 10.0. The highest BCUT2D eigenvalue weighted by Crippen LogP contribution is 2.36. The molecule has 0 radical (unpaired) electrons. The molecule has 0 aliphatic carbocycles. The average Bonchev–Trinajstić information content (AvgIpc) is 2.68. The number of anilines is 1. The first-order chi connectivity index (χ1) is 13.5. The number of nitrogens with two attached hydrogens (primary N) is 1. The average molecular weight is 439 g/mol. The molecular formula is C19H20ClFN4OS2. The number of nitrogens with one attached hydrogen (secondary N) is 1. The van der Waals surface area contributed by atoms with Crippen molar-refractivity contribution in [2.24, 2.45) is 10.7 Å². The van der Waals surface area contributed by atoms with Gasteiger partial charge in [-0.3, -0.25) is 9.79 Å². The summed E-state index contributed by atoms with van der Waals surface area (Å²) in [6.07, 6.45) is 2.10. The highest BCUT2D eigenvalue weighted by Gasteiger charge is 2.26. The molecule has 1 aromatic heterocycles. The minimum atomic E-state index is -0.395. The van der Waals surface area contributed by atoms with Crippen LogP contribution in [0.1, 0.15) is 35.4 Å². The van der Waals surface area contributed by atoms with Crippen LogP contribution in [0.3, 0.4) is 0 Å². The number of hydrogen-bond acceptors (Lipinski definition) is 6. The molecule has 1 amide bonds. The number of pyridine rings is 1. The Morgan fingerprint density at radius 3 is 2.96 bits per heavy atom. The lowest BCUT2D eigenvalue weighted by Gasteiger charge is -2.26. The molecule has 0 saturated carbocycles. The van der Waals surface area contributed by atoms with Gasteiger partial charge in [0, 0.05) is 28.5 Å². The molecule has 28 heavy (non-hydrogen) atoms. The van der Waals surface area contributed by atoms with Gasteiger partial charge in [0.15, 0.2) is 5.17 Å². The Kier molecular flexibility index (Phi) is 7.20. The van der Waals surface area contributed by atoms with E-state index in [9.17, 15) is 9.18 Å². The van der Waals surface area contributed by atoms with Crippen LogP contribution in [-0.2, 0) is 0 Å². The van der Waals surface area contributed by atoms with Crippen molar-refractivity contribution in [3.05, 3.63) is 58.6 Å². The van der Waals surface area contributed by atoms with Gasteiger partial charge in [-0.05, 0) is 42.5 Å². The Balaban J connectivity index is 1.78. The predicted octanol–water partition coefficient (Wildman–Crippen LogP) is 4.74. The Bertz CT molecular complexity index is 879. The van der Waals surface area contributed by atoms with Crippen molar-refractivity contribution in [1.29, 1.82) is 0 Å². The van der Waals surface area contributed by atoms with E-state index in [1.165, 1.54) is 36.2 Å². The fourth-order valence-corrected chi connectivity index (χ4v) is 4.95. The summed E-state index contributed by atoms with van der Waals surface area (Å²) in [5.41, 5.74) is 7.10. The molecule has 5 nitrogen and oxygen atoms in total. The summed E-state index contributed by atoms with van der Waals surface area (Å²) < 4.78 is 14.5. The summed E-state index contributed by atoms with van der Waals surface area (Å²) in [5.74, 6) is 1.20. The molecule has 0 spiro atoms. The zero-order chi connectivity index (χ0) is 20.1. The number of carbonyl (C=O) groups excluding carboxylic acids is 1. The van der Waals surface area contributed by atoms with Crippen molar-refractivity contribution in [3.8, 4) is 0 Å². The maximum Gasteiger partial charge on any atom is 0.274 e. The number of aliphatic imine (C=N–C) groups is 1. The highest BCUT2D eigenvalue weighted by molar-refractivity contribution is 8.15. The maximum absolute atomic E-state index is 14.5. The number of hydrogen-bond donors (Lipinski definition) is 2. The first-order valence-electron chi connectivity index (χ1n) is 8.76. The zero-order valence-corrected chi connectivity index (χ0v) is 17.6. The van der Waals surface area contributed by atoms with E-state index in [0.717, 1.165) is 11.5 Å². The Morgan fingerprint density at radius 1 is 1.43 bits per heavy atom. The Hall–Kier alpha value is -1.77. The number of halogens is 2. The Morgan fingerprint density at radius 2 is 2.25 bits per heavy atom. The van der Waals surface area contributed by atoms with Gasteiger partial charge in [0.2, 0.25) is 0 Å². The minimum absolute atomic E-state index is 0.225. The largest absolute Gasteiger partial charge is 0.379 e. The third kappa shape index (κ3) is 5.40. The van der Waals surface area contributed by atoms with E-state index in [2.05, 4.69) is 22.2 Å². The quantitative estimate of drug-likeness (QED) is 0.680. The third-order valence-corrected chi connectivity index (χ3v) is 6.66. The standard InChI is InChI=1S/C19H20ClFN4OS2/c1-2-27-10-13-8-17(25-19(22)28-13)14-7-12(4-5-15(14)21)24-18(26)16-6-3-11(20)9-23-16/h3-7,9,13,17H,2,8,10H2,1H3,(H2,22,25)(H,24,26). The van der Waals surface area contributed by atoms with Crippen LogP contribution in [0, 0.1) is 5.82 Å². The van der Waals surface area contributed by atoms with Crippen LogP contribution in [0.2, 0.25) is 5.02 Å². The molecule has 0 bridgehead atoms. The number of carbonyl (C=O) groups is 1. The lowest BCUT2D eigenvalue weighted by Crippen LogP contribution is -2.24. The molecule has 1 aliphatic rings. The second-order valence-corrected chi connectivity index (χ2v) is 9.25. The minimum Gasteiger partial charge on any atom is -0.379 e. The van der Waals surface area contributed by atoms with Gasteiger partial charge >= 0.3 is 0 Å². The second kappa shape index (κ2) is 9.62. The predicted molar refractivity (Wildman–Crippen MR) is 117 cm³/mol. The van der Waals surface area contributed by atoms with E-state index in [0.29, 0.717) is 27.9 Å². The topological polar surface area (TPSA) is 80.4 Å². The molecule has 1 aromatic carbocycles. The summed E-state index contributed by atoms with van der Waals surface area (Å²) >= 11 is 9.16. The van der Waals surface area contributed by atoms with Crippen molar-refractivity contribution in [2.75, 3.05) is 16.8 Å². The molecule has 0 saturated heterocycles. The van der Waals surface area contributed by atoms with Gasteiger partial charge in [0.05, 0.1) is 11.1 Å². The Labute approximate surface area is 176 Å². The van der Waals surface area contributed by atoms with Crippen LogP contribution in [0.25, 0.3) is 0 Å². The monoisotopic (exact) mass is 438 g/mol. The highest BCUT2D eigenvalue weighted by atomic mass is 35.5. The molecule has 3 rings (SSSR count). The summed E-state index contributed by atoms with van der Waals surface area (Å²) in [4.78, 5) is 20.8. The molecule has 2 aromatic rings. The number of aromatic nitrogens is 1. The smallest absolute Gasteiger partial charge is 0.274 e. The van der Waals surface area contributed by atoms with Crippen LogP contribution in [0.4, 0.5) is 10.1 Å². The molecule has 2 unspecified atom stereocenters. The van der Waals surface area contributed by atoms with Crippen LogP contribution in [0.15, 0.2) is 41.5 Å². The van der Waals surface area contributed by atoms with Crippen LogP contribution in [0.5, 0.6) is 0 Å². The number of rotatable bonds is 6. The molecule has 1 aliphatic heterocycles. The van der Waals surface area contributed by atoms with Crippen LogP contribution in [-0.4, -0.2) is 32.8 Å². The zero-order valence-electron chi connectivity index (χ0n) is 15.2. The van der Waals surface area contributed by atoms with Gasteiger partial charge < -0.3 is 11.1 Å². The fourth-order valence-electron chi connectivity index (χ4n) is 2.83. The first-order valence-corrected chi connectivity index (χ1v) is 11.2. The van der Waals surface area contributed by atoms with E-state index < -0.39 is 5.91 Å². The summed E-state index contributed by atoms with van der Waals surface area (Å²) in [6.45, 7) is 2.11. The van der Waals surface area contributed by atoms with Crippen molar-refractivity contribution in [2.45, 2.75) is 24.6 Å². The molecule has 2 atom stereocenters. The van der Waals surface area contributed by atoms with Crippen LogP contribution < -0.4 is 11.1 Å². The summed E-state index contributed by atoms with van der Waals surface area (Å²) in [6, 6.07) is 7.22. The van der Waals surface area contributed by atoms with Gasteiger partial charge in [-0.1, -0.05) is 30.3 Å². The van der Waals surface area contributed by atoms with Gasteiger partial charge in [0.1, 0.15) is 11.5 Å². The van der Waals surface area contributed by atoms with E-state index in [1.807, 2.05) is 11.8 Å². The third-order valence-electron chi connectivity index (χ3n) is 4.14. The normalized spacial score (nSPS) is 19.2. The van der Waals surface area contributed by atoms with Crippen molar-refractivity contribution in [1.82, 2.24) is 4.98 Å². The van der Waals surface area contributed by atoms with Gasteiger partial charge in [-0.25, -0.2) is 9.37 Å². The van der Waals surface area contributed by atoms with Crippen molar-refractivity contribution < 1.29 is 9.18 Å². The van der Waals surface area contributed by atoms with Crippen molar-refractivity contribution in [3.63, 3.8) is 0 Å². The number of benzene rings is 1. The fraction of sp³-hybridized carbons (Fsp3) is 0.316. The van der Waals surface area contributed by atoms with E-state index in [4.69, 9.17) is 17.3 Å². The van der Waals surface area contributed by atoms with Gasteiger partial charge in [-0.2, -0.15) is 11.8 Å². The van der Waals surface area contributed by atoms with Crippen LogP contribution >= 0.6 is 35.1 Å². The van der Waals surface area contributed by atoms with E-state index >= 15 is 0 Å². The first kappa shape index (κ1) is 21.0. The van der Waals surface area contributed by atoms with Gasteiger partial charge in [-0.15, -0.1) is 0 Å². The van der Waals surface area contributed by atoms with Gasteiger partial charge in [0.25, 0.3) is 5.91 Å². The summed E-state index contributed by atoms with van der Waals surface area (Å²) in [5, 5.41) is 3.94. The van der Waals surface area contributed by atoms with E-state index in [-0.39, 0.29) is 22.8 Å². The number of nitrogens with zero attached hydrogens (tertiary/aromatic N) is 2. The number of amidine groups is 1. The lowest BCUT2D eigenvalue weighted by molar-refractivity contribution is 0.102. The molecule has 148 valence electrons. The molecule has 0 fully saturated rings. The molecule has 2 heterocycles. The van der Waals surface area contributed by atoms with E-state index in [1.54, 1.807) is 12.1 Å². The maximum atomic E-state index is 14.5. The number of amides is 1.